The van der Waals surface area contributed by atoms with E-state index in [0.717, 1.165) is 27.0 Å². The molecule has 0 fully saturated rings. The Morgan fingerprint density at radius 1 is 1.20 bits per heavy atom. The molecule has 1 heterocycles. The average Bonchev–Trinajstić information content (AvgIpc) is 3.11. The second-order valence-electron chi connectivity index (χ2n) is 5.24. The van der Waals surface area contributed by atoms with E-state index in [1.165, 1.54) is 0 Å². The van der Waals surface area contributed by atoms with Crippen LogP contribution in [-0.2, 0) is 4.79 Å². The van der Waals surface area contributed by atoms with Gasteiger partial charge in [-0.25, -0.2) is 4.98 Å². The molecular weight excluding hydrogens is 352 g/mol. The summed E-state index contributed by atoms with van der Waals surface area (Å²) >= 11 is 3.21. The molecule has 0 spiro atoms. The SMILES string of the molecule is COc1cccc(NC(=O)CCSc2nc(-c3ccccc3)cs2)c1. The van der Waals surface area contributed by atoms with Gasteiger partial charge in [0, 0.05) is 34.9 Å². The first kappa shape index (κ1) is 17.5. The summed E-state index contributed by atoms with van der Waals surface area (Å²) in [5, 5.41) is 4.93. The first-order valence-electron chi connectivity index (χ1n) is 7.82. The maximum Gasteiger partial charge on any atom is 0.225 e. The minimum absolute atomic E-state index is 0.0133. The zero-order valence-electron chi connectivity index (χ0n) is 13.8. The van der Waals surface area contributed by atoms with Crippen LogP contribution in [0.2, 0.25) is 0 Å². The van der Waals surface area contributed by atoms with E-state index in [-0.39, 0.29) is 5.91 Å². The van der Waals surface area contributed by atoms with Gasteiger partial charge in [-0.05, 0) is 12.1 Å². The van der Waals surface area contributed by atoms with E-state index in [1.54, 1.807) is 36.3 Å². The molecule has 0 saturated carbocycles. The third-order valence-corrected chi connectivity index (χ3v) is 5.48. The van der Waals surface area contributed by atoms with Gasteiger partial charge in [-0.1, -0.05) is 48.2 Å². The Hall–Kier alpha value is -2.31. The summed E-state index contributed by atoms with van der Waals surface area (Å²) < 4.78 is 6.13. The third kappa shape index (κ3) is 5.08. The predicted molar refractivity (Wildman–Crippen MR) is 105 cm³/mol. The van der Waals surface area contributed by atoms with Crippen molar-refractivity contribution in [1.82, 2.24) is 4.98 Å². The van der Waals surface area contributed by atoms with Gasteiger partial charge in [0.2, 0.25) is 5.91 Å². The number of anilines is 1. The molecule has 0 radical (unpaired) electrons. The quantitative estimate of drug-likeness (QED) is 0.599. The van der Waals surface area contributed by atoms with Gasteiger partial charge in [0.15, 0.2) is 4.34 Å². The molecule has 4 nitrogen and oxygen atoms in total. The Kier molecular flexibility index (Phi) is 6.09. The number of amides is 1. The van der Waals surface area contributed by atoms with E-state index in [2.05, 4.69) is 10.3 Å². The smallest absolute Gasteiger partial charge is 0.225 e. The summed E-state index contributed by atoms with van der Waals surface area (Å²) in [6.07, 6.45) is 0.433. The van der Waals surface area contributed by atoms with Gasteiger partial charge in [0.05, 0.1) is 12.8 Å². The number of nitrogens with zero attached hydrogens (tertiary/aromatic N) is 1. The molecule has 128 valence electrons. The second-order valence-corrected chi connectivity index (χ2v) is 7.44. The van der Waals surface area contributed by atoms with E-state index in [1.807, 2.05) is 53.9 Å². The molecule has 0 saturated heterocycles. The Morgan fingerprint density at radius 2 is 2.04 bits per heavy atom. The van der Waals surface area contributed by atoms with Crippen LogP contribution in [0, 0.1) is 0 Å². The Morgan fingerprint density at radius 3 is 2.84 bits per heavy atom. The fourth-order valence-corrected chi connectivity index (χ4v) is 4.06. The van der Waals surface area contributed by atoms with Crippen LogP contribution in [0.25, 0.3) is 11.3 Å². The number of ether oxygens (including phenoxy) is 1. The molecule has 6 heteroatoms. The molecule has 0 aliphatic rings. The van der Waals surface area contributed by atoms with Crippen LogP contribution in [-0.4, -0.2) is 23.8 Å². The van der Waals surface area contributed by atoms with E-state index >= 15 is 0 Å². The lowest BCUT2D eigenvalue weighted by Gasteiger charge is -2.06. The average molecular weight is 370 g/mol. The topological polar surface area (TPSA) is 51.2 Å². The van der Waals surface area contributed by atoms with Crippen molar-refractivity contribution in [2.45, 2.75) is 10.8 Å². The lowest BCUT2D eigenvalue weighted by molar-refractivity contribution is -0.115. The maximum absolute atomic E-state index is 12.0. The lowest BCUT2D eigenvalue weighted by atomic mass is 10.2. The summed E-state index contributed by atoms with van der Waals surface area (Å²) in [6, 6.07) is 17.4. The number of benzene rings is 2. The number of carbonyl (C=O) groups is 1. The number of hydrogen-bond acceptors (Lipinski definition) is 5. The molecule has 1 N–H and O–H groups in total. The van der Waals surface area contributed by atoms with Gasteiger partial charge in [-0.2, -0.15) is 0 Å². The Labute approximate surface area is 155 Å². The van der Waals surface area contributed by atoms with Crippen molar-refractivity contribution in [2.24, 2.45) is 0 Å². The van der Waals surface area contributed by atoms with Crippen LogP contribution < -0.4 is 10.1 Å². The summed E-state index contributed by atoms with van der Waals surface area (Å²) in [5.74, 6) is 1.40. The molecule has 2 aromatic carbocycles. The second kappa shape index (κ2) is 8.69. The number of hydrogen-bond donors (Lipinski definition) is 1. The van der Waals surface area contributed by atoms with Gasteiger partial charge >= 0.3 is 0 Å². The van der Waals surface area contributed by atoms with Crippen LogP contribution in [0.1, 0.15) is 6.42 Å². The van der Waals surface area contributed by atoms with Crippen molar-refractivity contribution in [3.63, 3.8) is 0 Å². The van der Waals surface area contributed by atoms with Crippen LogP contribution in [0.5, 0.6) is 5.75 Å². The van der Waals surface area contributed by atoms with Gasteiger partial charge in [-0.3, -0.25) is 4.79 Å². The van der Waals surface area contributed by atoms with E-state index in [9.17, 15) is 4.79 Å². The van der Waals surface area contributed by atoms with Gasteiger partial charge in [-0.15, -0.1) is 11.3 Å². The van der Waals surface area contributed by atoms with Crippen LogP contribution >= 0.6 is 23.1 Å². The summed E-state index contributed by atoms with van der Waals surface area (Å²) in [7, 11) is 1.61. The highest BCUT2D eigenvalue weighted by atomic mass is 32.2. The van der Waals surface area contributed by atoms with Crippen LogP contribution in [0.4, 0.5) is 5.69 Å². The molecule has 0 unspecified atom stereocenters. The number of carbonyl (C=O) groups excluding carboxylic acids is 1. The van der Waals surface area contributed by atoms with Crippen molar-refractivity contribution >= 4 is 34.7 Å². The minimum Gasteiger partial charge on any atom is -0.497 e. The maximum atomic E-state index is 12.0. The first-order valence-corrected chi connectivity index (χ1v) is 9.69. The highest BCUT2D eigenvalue weighted by Gasteiger charge is 2.07. The number of methoxy groups -OCH3 is 1. The summed E-state index contributed by atoms with van der Waals surface area (Å²) in [4.78, 5) is 16.7. The highest BCUT2D eigenvalue weighted by Crippen LogP contribution is 2.28. The predicted octanol–water partition coefficient (Wildman–Crippen LogP) is 4.94. The fraction of sp³-hybridized carbons (Fsp3) is 0.158. The molecule has 3 rings (SSSR count). The lowest BCUT2D eigenvalue weighted by Crippen LogP contribution is -2.12. The van der Waals surface area contributed by atoms with E-state index in [4.69, 9.17) is 4.74 Å². The van der Waals surface area contributed by atoms with Crippen molar-refractivity contribution in [2.75, 3.05) is 18.2 Å². The zero-order chi connectivity index (χ0) is 17.5. The molecule has 1 aromatic heterocycles. The minimum atomic E-state index is -0.0133. The number of rotatable bonds is 7. The van der Waals surface area contributed by atoms with Gasteiger partial charge in [0.1, 0.15) is 5.75 Å². The van der Waals surface area contributed by atoms with E-state index < -0.39 is 0 Å². The fourth-order valence-electron chi connectivity index (χ4n) is 2.22. The molecular formula is C19H18N2O2S2. The largest absolute Gasteiger partial charge is 0.497 e. The number of nitrogens with one attached hydrogen (secondary N) is 1. The summed E-state index contributed by atoms with van der Waals surface area (Å²) in [5.41, 5.74) is 2.84. The molecule has 0 aliphatic carbocycles. The summed E-state index contributed by atoms with van der Waals surface area (Å²) in [6.45, 7) is 0. The molecule has 0 atom stereocenters. The molecule has 0 aliphatic heterocycles. The highest BCUT2D eigenvalue weighted by molar-refractivity contribution is 8.01. The molecule has 3 aromatic rings. The monoisotopic (exact) mass is 370 g/mol. The van der Waals surface area contributed by atoms with Crippen molar-refractivity contribution in [1.29, 1.82) is 0 Å². The van der Waals surface area contributed by atoms with Crippen LogP contribution in [0.15, 0.2) is 64.3 Å². The Balaban J connectivity index is 1.48. The Bertz CT molecular complexity index is 834. The van der Waals surface area contributed by atoms with Gasteiger partial charge < -0.3 is 10.1 Å². The van der Waals surface area contributed by atoms with E-state index in [0.29, 0.717) is 12.2 Å². The molecule has 25 heavy (non-hydrogen) atoms. The zero-order valence-corrected chi connectivity index (χ0v) is 15.4. The first-order chi connectivity index (χ1) is 12.2. The standard InChI is InChI=1S/C19H18N2O2S2/c1-23-16-9-5-8-15(12-16)20-18(22)10-11-24-19-21-17(13-25-19)14-6-3-2-4-7-14/h2-9,12-13H,10-11H2,1H3,(H,20,22). The normalized spacial score (nSPS) is 10.4. The van der Waals surface area contributed by atoms with Crippen molar-refractivity contribution in [3.05, 3.63) is 60.0 Å². The van der Waals surface area contributed by atoms with Crippen LogP contribution in [0.3, 0.4) is 0 Å². The van der Waals surface area contributed by atoms with Crippen molar-refractivity contribution in [3.8, 4) is 17.0 Å². The molecule has 0 bridgehead atoms. The number of thiazole rings is 1. The number of thioether (sulfide) groups is 1. The van der Waals surface area contributed by atoms with Crippen molar-refractivity contribution < 1.29 is 9.53 Å². The molecule has 1 amide bonds. The number of aromatic nitrogens is 1. The van der Waals surface area contributed by atoms with Gasteiger partial charge in [0.25, 0.3) is 0 Å². The third-order valence-electron chi connectivity index (χ3n) is 3.46.